The summed E-state index contributed by atoms with van der Waals surface area (Å²) >= 11 is 0. The Bertz CT molecular complexity index is 544. The Morgan fingerprint density at radius 3 is 1.61 bits per heavy atom. The van der Waals surface area contributed by atoms with Gasteiger partial charge in [0.1, 0.15) is 0 Å². The summed E-state index contributed by atoms with van der Waals surface area (Å²) in [4.78, 5) is 18.6. The second-order valence-corrected chi connectivity index (χ2v) is 9.61. The summed E-state index contributed by atoms with van der Waals surface area (Å²) in [7, 11) is -4.11. The van der Waals surface area contributed by atoms with Crippen LogP contribution in [-0.2, 0) is 28.0 Å². The van der Waals surface area contributed by atoms with Crippen molar-refractivity contribution in [2.45, 2.75) is 65.0 Å². The number of aliphatic hydroxyl groups is 1. The summed E-state index contributed by atoms with van der Waals surface area (Å²) in [5.41, 5.74) is 3.54. The normalized spacial score (nSPS) is 12.9. The maximum atomic E-state index is 11.4. The molecule has 4 nitrogen and oxygen atoms in total. The second kappa shape index (κ2) is 8.31. The molecule has 0 aliphatic rings. The number of aliphatic hydroxyl groups excluding tert-OH is 1. The molecule has 0 atom stereocenters. The van der Waals surface area contributed by atoms with E-state index < -0.39 is 7.60 Å². The van der Waals surface area contributed by atoms with Crippen molar-refractivity contribution in [2.75, 3.05) is 6.61 Å². The quantitative estimate of drug-likeness (QED) is 0.562. The van der Waals surface area contributed by atoms with E-state index in [1.807, 2.05) is 12.1 Å². The second-order valence-electron chi connectivity index (χ2n) is 7.97. The van der Waals surface area contributed by atoms with Crippen LogP contribution in [0.25, 0.3) is 0 Å². The van der Waals surface area contributed by atoms with E-state index in [1.54, 1.807) is 0 Å². The van der Waals surface area contributed by atoms with Gasteiger partial charge in [-0.05, 0) is 39.5 Å². The van der Waals surface area contributed by atoms with Crippen LogP contribution in [-0.4, -0.2) is 59.2 Å². The molecule has 0 heterocycles. The first-order valence-corrected chi connectivity index (χ1v) is 9.37. The number of hydrogen-bond donors (Lipinski definition) is 3. The Kier molecular flexibility index (Phi) is 8.53. The summed E-state index contributed by atoms with van der Waals surface area (Å²) in [5.74, 6) is 0. The maximum absolute atomic E-state index is 11.4. The molecule has 0 bridgehead atoms. The predicted molar refractivity (Wildman–Crippen MR) is 98.9 cm³/mol. The first kappa shape index (κ1) is 23.6. The zero-order valence-corrected chi connectivity index (χ0v) is 15.4. The van der Waals surface area contributed by atoms with Crippen molar-refractivity contribution in [1.29, 1.82) is 0 Å². The fourth-order valence-electron chi connectivity index (χ4n) is 2.78. The molecule has 0 spiro atoms. The fourth-order valence-corrected chi connectivity index (χ4v) is 3.44. The van der Waals surface area contributed by atoms with Crippen molar-refractivity contribution in [3.8, 4) is 0 Å². The van der Waals surface area contributed by atoms with Gasteiger partial charge in [0.05, 0.1) is 6.16 Å². The molecule has 1 aromatic carbocycles. The Morgan fingerprint density at radius 1 is 0.957 bits per heavy atom. The molecule has 1 rings (SSSR count). The van der Waals surface area contributed by atoms with Crippen molar-refractivity contribution in [1.82, 2.24) is 0 Å². The molecular formula is C17H31CaO4P. The minimum absolute atomic E-state index is 0. The standard InChI is InChI=1S/C17H29O4P.Ca.2H/c1-16(2,3)14-9-12(11-22(19,20)21)10-15(17(4,5)6)13(14)7-8-18;;;/h9-10,18H,7-8,11H2,1-6H3,(H2,19,20,21);;;. The number of rotatable bonds is 4. The topological polar surface area (TPSA) is 77.8 Å². The fraction of sp³-hybridized carbons (Fsp3) is 0.647. The van der Waals surface area contributed by atoms with Gasteiger partial charge >= 0.3 is 45.3 Å². The number of hydrogen-bond acceptors (Lipinski definition) is 2. The zero-order chi connectivity index (χ0) is 17.3. The molecule has 3 N–H and O–H groups in total. The average molecular weight is 370 g/mol. The molecule has 0 fully saturated rings. The Morgan fingerprint density at radius 2 is 1.35 bits per heavy atom. The molecule has 0 aromatic heterocycles. The van der Waals surface area contributed by atoms with E-state index in [1.165, 1.54) is 0 Å². The van der Waals surface area contributed by atoms with Crippen molar-refractivity contribution in [3.63, 3.8) is 0 Å². The predicted octanol–water partition coefficient (Wildman–Crippen LogP) is 2.58. The van der Waals surface area contributed by atoms with Crippen molar-refractivity contribution in [3.05, 3.63) is 34.4 Å². The molecule has 0 saturated heterocycles. The van der Waals surface area contributed by atoms with E-state index in [2.05, 4.69) is 41.5 Å². The third-order valence-corrected chi connectivity index (χ3v) is 4.45. The SMILES string of the molecule is CC(C)(C)c1cc(CP(=O)(O)O)cc(C(C)(C)C)c1CCO.[CaH2]. The first-order chi connectivity index (χ1) is 9.75. The van der Waals surface area contributed by atoms with Gasteiger partial charge in [-0.25, -0.2) is 0 Å². The zero-order valence-electron chi connectivity index (χ0n) is 14.5. The van der Waals surface area contributed by atoms with Crippen molar-refractivity contribution in [2.24, 2.45) is 0 Å². The number of benzene rings is 1. The minimum atomic E-state index is -4.11. The molecule has 0 radical (unpaired) electrons. The van der Waals surface area contributed by atoms with E-state index >= 15 is 0 Å². The van der Waals surface area contributed by atoms with Crippen LogP contribution < -0.4 is 0 Å². The first-order valence-electron chi connectivity index (χ1n) is 7.58. The van der Waals surface area contributed by atoms with E-state index in [0.717, 1.165) is 16.7 Å². The van der Waals surface area contributed by atoms with Gasteiger partial charge in [-0.3, -0.25) is 4.57 Å². The van der Waals surface area contributed by atoms with E-state index in [-0.39, 0.29) is 61.3 Å². The molecular weight excluding hydrogens is 339 g/mol. The molecule has 0 saturated carbocycles. The van der Waals surface area contributed by atoms with Crippen LogP contribution in [0.3, 0.4) is 0 Å². The molecule has 0 aliphatic carbocycles. The van der Waals surface area contributed by atoms with Crippen LogP contribution in [0, 0.1) is 0 Å². The van der Waals surface area contributed by atoms with E-state index in [9.17, 15) is 19.5 Å². The van der Waals surface area contributed by atoms with Gasteiger partial charge in [-0.15, -0.1) is 0 Å². The van der Waals surface area contributed by atoms with Crippen molar-refractivity contribution < 1.29 is 19.5 Å². The van der Waals surface area contributed by atoms with Gasteiger partial charge in [0.2, 0.25) is 0 Å². The summed E-state index contributed by atoms with van der Waals surface area (Å²) in [5, 5.41) is 9.43. The third kappa shape index (κ3) is 7.15. The van der Waals surface area contributed by atoms with Crippen LogP contribution in [0.4, 0.5) is 0 Å². The monoisotopic (exact) mass is 370 g/mol. The summed E-state index contributed by atoms with van der Waals surface area (Å²) in [6.07, 6.45) is 0.300. The third-order valence-electron chi connectivity index (χ3n) is 3.68. The molecule has 0 aliphatic heterocycles. The van der Waals surface area contributed by atoms with Crippen LogP contribution >= 0.6 is 7.60 Å². The van der Waals surface area contributed by atoms with Crippen LogP contribution in [0.2, 0.25) is 0 Å². The molecule has 0 amide bonds. The molecule has 1 aromatic rings. The molecule has 23 heavy (non-hydrogen) atoms. The summed E-state index contributed by atoms with van der Waals surface area (Å²) in [6.45, 7) is 12.5. The molecule has 6 heteroatoms. The Hall–Kier alpha value is 0.590. The van der Waals surface area contributed by atoms with E-state index in [4.69, 9.17) is 0 Å². The molecule has 0 unspecified atom stereocenters. The van der Waals surface area contributed by atoms with Gasteiger partial charge in [0.15, 0.2) is 0 Å². The van der Waals surface area contributed by atoms with Gasteiger partial charge < -0.3 is 14.9 Å². The van der Waals surface area contributed by atoms with Crippen LogP contribution in [0.15, 0.2) is 12.1 Å². The van der Waals surface area contributed by atoms with Crippen LogP contribution in [0.1, 0.15) is 63.8 Å². The summed E-state index contributed by atoms with van der Waals surface area (Å²) in [6, 6.07) is 3.78. The Balaban J connectivity index is 0.00000484. The van der Waals surface area contributed by atoms with Gasteiger partial charge in [0.25, 0.3) is 0 Å². The van der Waals surface area contributed by atoms with Gasteiger partial charge in [0, 0.05) is 6.61 Å². The van der Waals surface area contributed by atoms with E-state index in [0.29, 0.717) is 12.0 Å². The molecule has 130 valence electrons. The summed E-state index contributed by atoms with van der Waals surface area (Å²) < 4.78 is 11.4. The van der Waals surface area contributed by atoms with Crippen molar-refractivity contribution >= 4 is 45.3 Å². The van der Waals surface area contributed by atoms with Gasteiger partial charge in [-0.1, -0.05) is 53.7 Å². The Labute approximate surface area is 169 Å². The van der Waals surface area contributed by atoms with Crippen LogP contribution in [0.5, 0.6) is 0 Å². The van der Waals surface area contributed by atoms with Gasteiger partial charge in [-0.2, -0.15) is 0 Å². The average Bonchev–Trinajstić information content (AvgIpc) is 2.26.